The van der Waals surface area contributed by atoms with Gasteiger partial charge >= 0.3 is 0 Å². The number of hydrogen-bond acceptors (Lipinski definition) is 2. The third kappa shape index (κ3) is 2.97. The molecule has 0 atom stereocenters. The summed E-state index contributed by atoms with van der Waals surface area (Å²) in [5, 5.41) is 0. The number of allylic oxidation sites excluding steroid dienone is 2. The smallest absolute Gasteiger partial charge is 0.270 e. The SMILES string of the molecule is CC(F)(F)c1cccc(CC2=CC(=O)c3ccccc3C2=O)c1. The number of alkyl halides is 2. The van der Waals surface area contributed by atoms with Crippen molar-refractivity contribution in [2.45, 2.75) is 19.3 Å². The average molecular weight is 312 g/mol. The largest absolute Gasteiger partial charge is 0.289 e. The lowest BCUT2D eigenvalue weighted by Gasteiger charge is -2.16. The maximum Gasteiger partial charge on any atom is 0.270 e. The van der Waals surface area contributed by atoms with Crippen LogP contribution < -0.4 is 0 Å². The number of ketones is 2. The topological polar surface area (TPSA) is 34.1 Å². The highest BCUT2D eigenvalue weighted by molar-refractivity contribution is 6.24. The molecule has 116 valence electrons. The van der Waals surface area contributed by atoms with Crippen molar-refractivity contribution < 1.29 is 18.4 Å². The van der Waals surface area contributed by atoms with Crippen LogP contribution in [-0.4, -0.2) is 11.6 Å². The molecule has 0 amide bonds. The maximum absolute atomic E-state index is 13.4. The van der Waals surface area contributed by atoms with Gasteiger partial charge in [-0.25, -0.2) is 8.78 Å². The van der Waals surface area contributed by atoms with Crippen LogP contribution in [0.4, 0.5) is 8.78 Å². The van der Waals surface area contributed by atoms with Crippen LogP contribution in [0.1, 0.15) is 38.8 Å². The highest BCUT2D eigenvalue weighted by Crippen LogP contribution is 2.29. The third-order valence-corrected chi connectivity index (χ3v) is 3.86. The number of Topliss-reactive ketones (excluding diaryl/α,β-unsaturated/α-hetero) is 1. The Kier molecular flexibility index (Phi) is 3.68. The van der Waals surface area contributed by atoms with E-state index in [9.17, 15) is 18.4 Å². The van der Waals surface area contributed by atoms with Crippen molar-refractivity contribution in [3.63, 3.8) is 0 Å². The van der Waals surface area contributed by atoms with Gasteiger partial charge in [-0.05, 0) is 17.7 Å². The van der Waals surface area contributed by atoms with Gasteiger partial charge in [-0.1, -0.05) is 42.5 Å². The summed E-state index contributed by atoms with van der Waals surface area (Å²) in [5.41, 5.74) is 1.55. The third-order valence-electron chi connectivity index (χ3n) is 3.86. The van der Waals surface area contributed by atoms with E-state index in [0.717, 1.165) is 6.92 Å². The molecule has 4 heteroatoms. The fourth-order valence-electron chi connectivity index (χ4n) is 2.68. The van der Waals surface area contributed by atoms with Crippen LogP contribution in [0.15, 0.2) is 60.2 Å². The van der Waals surface area contributed by atoms with E-state index in [-0.39, 0.29) is 23.6 Å². The average Bonchev–Trinajstić information content (AvgIpc) is 2.52. The minimum Gasteiger partial charge on any atom is -0.289 e. The zero-order valence-corrected chi connectivity index (χ0v) is 12.5. The lowest BCUT2D eigenvalue weighted by molar-refractivity contribution is 0.0174. The Bertz CT molecular complexity index is 829. The number of benzene rings is 2. The van der Waals surface area contributed by atoms with Crippen LogP contribution in [0, 0.1) is 0 Å². The molecule has 0 N–H and O–H groups in total. The van der Waals surface area contributed by atoms with E-state index in [1.54, 1.807) is 30.3 Å². The molecule has 0 aromatic heterocycles. The van der Waals surface area contributed by atoms with E-state index < -0.39 is 5.92 Å². The summed E-state index contributed by atoms with van der Waals surface area (Å²) in [5.74, 6) is -3.40. The monoisotopic (exact) mass is 312 g/mol. The number of carbonyl (C=O) groups excluding carboxylic acids is 2. The first-order valence-corrected chi connectivity index (χ1v) is 7.22. The molecule has 3 rings (SSSR count). The van der Waals surface area contributed by atoms with Gasteiger partial charge in [0.1, 0.15) is 0 Å². The van der Waals surface area contributed by atoms with Gasteiger partial charge in [0, 0.05) is 35.6 Å². The zero-order chi connectivity index (χ0) is 16.6. The van der Waals surface area contributed by atoms with Gasteiger partial charge in [0.15, 0.2) is 11.6 Å². The van der Waals surface area contributed by atoms with E-state index in [1.165, 1.54) is 24.3 Å². The molecule has 23 heavy (non-hydrogen) atoms. The van der Waals surface area contributed by atoms with Crippen molar-refractivity contribution in [3.05, 3.63) is 82.4 Å². The Morgan fingerprint density at radius 1 is 0.957 bits per heavy atom. The van der Waals surface area contributed by atoms with Gasteiger partial charge in [-0.15, -0.1) is 0 Å². The standard InChI is InChI=1S/C19H14F2O2/c1-19(20,21)14-6-4-5-12(10-14)9-13-11-17(22)15-7-2-3-8-16(15)18(13)23/h2-8,10-11H,9H2,1H3. The minimum atomic E-state index is -2.94. The number of carbonyl (C=O) groups is 2. The lowest BCUT2D eigenvalue weighted by Crippen LogP contribution is -2.18. The quantitative estimate of drug-likeness (QED) is 0.844. The number of halogens is 2. The Labute approximate surface area is 132 Å². The minimum absolute atomic E-state index is 0.106. The van der Waals surface area contributed by atoms with E-state index >= 15 is 0 Å². The summed E-state index contributed by atoms with van der Waals surface area (Å²) in [4.78, 5) is 24.6. The first kappa shape index (κ1) is 15.3. The summed E-state index contributed by atoms with van der Waals surface area (Å²) in [6, 6.07) is 12.6. The van der Waals surface area contributed by atoms with Crippen LogP contribution >= 0.6 is 0 Å². The summed E-state index contributed by atoms with van der Waals surface area (Å²) in [6.07, 6.45) is 1.46. The summed E-state index contributed by atoms with van der Waals surface area (Å²) >= 11 is 0. The van der Waals surface area contributed by atoms with Crippen LogP contribution in [0.5, 0.6) is 0 Å². The predicted molar refractivity (Wildman–Crippen MR) is 82.9 cm³/mol. The molecule has 1 aliphatic rings. The van der Waals surface area contributed by atoms with Crippen LogP contribution in [0.3, 0.4) is 0 Å². The lowest BCUT2D eigenvalue weighted by atomic mass is 9.86. The Morgan fingerprint density at radius 2 is 1.65 bits per heavy atom. The van der Waals surface area contributed by atoms with Gasteiger partial charge in [-0.3, -0.25) is 9.59 Å². The summed E-state index contributed by atoms with van der Waals surface area (Å²) in [7, 11) is 0. The molecule has 2 nitrogen and oxygen atoms in total. The van der Waals surface area contributed by atoms with E-state index in [0.29, 0.717) is 22.3 Å². The van der Waals surface area contributed by atoms with Crippen molar-refractivity contribution in [2.24, 2.45) is 0 Å². The highest BCUT2D eigenvalue weighted by Gasteiger charge is 2.27. The van der Waals surface area contributed by atoms with Gasteiger partial charge in [-0.2, -0.15) is 0 Å². The van der Waals surface area contributed by atoms with Gasteiger partial charge in [0.05, 0.1) is 0 Å². The fourth-order valence-corrected chi connectivity index (χ4v) is 2.68. The van der Waals surface area contributed by atoms with Crippen LogP contribution in [0.25, 0.3) is 0 Å². The van der Waals surface area contributed by atoms with Gasteiger partial charge < -0.3 is 0 Å². The molecule has 2 aromatic carbocycles. The Morgan fingerprint density at radius 3 is 2.35 bits per heavy atom. The first-order chi connectivity index (χ1) is 10.9. The van der Waals surface area contributed by atoms with Crippen molar-refractivity contribution in [2.75, 3.05) is 0 Å². The summed E-state index contributed by atoms with van der Waals surface area (Å²) in [6.45, 7) is 0.830. The van der Waals surface area contributed by atoms with Crippen molar-refractivity contribution in [1.82, 2.24) is 0 Å². The van der Waals surface area contributed by atoms with Gasteiger partial charge in [0.2, 0.25) is 0 Å². The van der Waals surface area contributed by atoms with Crippen molar-refractivity contribution in [3.8, 4) is 0 Å². The molecule has 0 spiro atoms. The van der Waals surface area contributed by atoms with E-state index in [4.69, 9.17) is 0 Å². The van der Waals surface area contributed by atoms with Crippen LogP contribution in [-0.2, 0) is 12.3 Å². The molecule has 0 aliphatic heterocycles. The molecular formula is C19H14F2O2. The molecule has 0 unspecified atom stereocenters. The molecule has 0 radical (unpaired) electrons. The molecule has 0 fully saturated rings. The zero-order valence-electron chi connectivity index (χ0n) is 12.5. The Hall–Kier alpha value is -2.62. The molecule has 0 bridgehead atoms. The normalized spacial score (nSPS) is 14.5. The Balaban J connectivity index is 1.93. The molecule has 1 aliphatic carbocycles. The molecule has 0 heterocycles. The number of hydrogen-bond donors (Lipinski definition) is 0. The van der Waals surface area contributed by atoms with Crippen molar-refractivity contribution in [1.29, 1.82) is 0 Å². The molecular weight excluding hydrogens is 298 g/mol. The second-order valence-corrected chi connectivity index (χ2v) is 5.67. The number of rotatable bonds is 3. The second kappa shape index (κ2) is 5.54. The van der Waals surface area contributed by atoms with Crippen LogP contribution in [0.2, 0.25) is 0 Å². The fraction of sp³-hybridized carbons (Fsp3) is 0.158. The van der Waals surface area contributed by atoms with Gasteiger partial charge in [0.25, 0.3) is 5.92 Å². The molecule has 0 saturated heterocycles. The highest BCUT2D eigenvalue weighted by atomic mass is 19.3. The number of fused-ring (bicyclic) bond motifs is 1. The molecule has 0 saturated carbocycles. The first-order valence-electron chi connectivity index (χ1n) is 7.22. The van der Waals surface area contributed by atoms with E-state index in [1.807, 2.05) is 0 Å². The van der Waals surface area contributed by atoms with Crippen molar-refractivity contribution >= 4 is 11.6 Å². The maximum atomic E-state index is 13.4. The molecule has 2 aromatic rings. The second-order valence-electron chi connectivity index (χ2n) is 5.67. The summed E-state index contributed by atoms with van der Waals surface area (Å²) < 4.78 is 26.8. The van der Waals surface area contributed by atoms with E-state index in [2.05, 4.69) is 0 Å². The predicted octanol–water partition coefficient (Wildman–Crippen LogP) is 4.35.